The summed E-state index contributed by atoms with van der Waals surface area (Å²) < 4.78 is 19.8. The second-order valence-corrected chi connectivity index (χ2v) is 6.97. The standard InChI is InChI=1S/C19H21FN4O7/c1-9(26)21-16-13(6-15(19(29)30)31-18(16)17(28)14(27)8-25)24-7-12(22-23-24)10-2-4-11(20)5-3-10/h2-7,13-14,16-18,25,27-28H,8H2,1H3,(H,21,26)(H,29,30)/t13-,14+,16+,17+,18+/m0/s1. The minimum atomic E-state index is -1.73. The molecule has 12 heteroatoms. The Kier molecular flexibility index (Phi) is 6.63. The van der Waals surface area contributed by atoms with Crippen LogP contribution in [-0.4, -0.2) is 78.3 Å². The number of hydrogen-bond donors (Lipinski definition) is 5. The monoisotopic (exact) mass is 436 g/mol. The second-order valence-electron chi connectivity index (χ2n) is 6.97. The van der Waals surface area contributed by atoms with Crippen molar-refractivity contribution in [2.45, 2.75) is 37.3 Å². The minimum Gasteiger partial charge on any atom is -0.478 e. The molecule has 0 saturated heterocycles. The summed E-state index contributed by atoms with van der Waals surface area (Å²) in [5, 5.41) is 49.4. The van der Waals surface area contributed by atoms with Crippen molar-refractivity contribution in [3.05, 3.63) is 48.1 Å². The molecule has 0 aliphatic carbocycles. The Labute approximate surface area is 175 Å². The molecule has 0 bridgehead atoms. The van der Waals surface area contributed by atoms with Gasteiger partial charge in [-0.15, -0.1) is 5.10 Å². The highest BCUT2D eigenvalue weighted by atomic mass is 19.1. The van der Waals surface area contributed by atoms with Crippen LogP contribution in [0.2, 0.25) is 0 Å². The lowest BCUT2D eigenvalue weighted by Gasteiger charge is -2.39. The van der Waals surface area contributed by atoms with Crippen LogP contribution < -0.4 is 5.32 Å². The molecule has 2 heterocycles. The third-order valence-electron chi connectivity index (χ3n) is 4.76. The van der Waals surface area contributed by atoms with Crippen LogP contribution in [0.4, 0.5) is 4.39 Å². The quantitative estimate of drug-likeness (QED) is 0.374. The van der Waals surface area contributed by atoms with E-state index in [1.54, 1.807) is 0 Å². The lowest BCUT2D eigenvalue weighted by Crippen LogP contribution is -2.58. The first-order valence-electron chi connectivity index (χ1n) is 9.25. The van der Waals surface area contributed by atoms with E-state index >= 15 is 0 Å². The fourth-order valence-corrected chi connectivity index (χ4v) is 3.26. The SMILES string of the molecule is CC(=O)N[C@H]1[C@H]([C@H](O)[C@H](O)CO)OC(C(=O)O)=C[C@@H]1n1cc(-c2ccc(F)cc2)nn1. The molecule has 1 aromatic carbocycles. The first-order chi connectivity index (χ1) is 14.7. The molecule has 1 amide bonds. The zero-order chi connectivity index (χ0) is 22.7. The Morgan fingerprint density at radius 1 is 1.29 bits per heavy atom. The summed E-state index contributed by atoms with van der Waals surface area (Å²) in [5.41, 5.74) is 0.899. The molecular formula is C19H21FN4O7. The van der Waals surface area contributed by atoms with Gasteiger partial charge in [0.25, 0.3) is 0 Å². The fraction of sp³-hybridized carbons (Fsp3) is 0.368. The Morgan fingerprint density at radius 3 is 2.55 bits per heavy atom. The van der Waals surface area contributed by atoms with Crippen molar-refractivity contribution in [2.24, 2.45) is 0 Å². The van der Waals surface area contributed by atoms with Crippen molar-refractivity contribution >= 4 is 11.9 Å². The summed E-state index contributed by atoms with van der Waals surface area (Å²) in [4.78, 5) is 23.4. The van der Waals surface area contributed by atoms with Gasteiger partial charge in [-0.25, -0.2) is 13.9 Å². The highest BCUT2D eigenvalue weighted by molar-refractivity contribution is 5.84. The van der Waals surface area contributed by atoms with E-state index in [0.717, 1.165) is 0 Å². The average Bonchev–Trinajstić information content (AvgIpc) is 3.22. The van der Waals surface area contributed by atoms with Crippen LogP contribution in [-0.2, 0) is 14.3 Å². The third kappa shape index (κ3) is 4.87. The van der Waals surface area contributed by atoms with Gasteiger partial charge in [-0.3, -0.25) is 4.79 Å². The molecule has 31 heavy (non-hydrogen) atoms. The van der Waals surface area contributed by atoms with Gasteiger partial charge in [0.15, 0.2) is 0 Å². The van der Waals surface area contributed by atoms with Crippen molar-refractivity contribution in [3.8, 4) is 11.3 Å². The first kappa shape index (κ1) is 22.3. The van der Waals surface area contributed by atoms with Crippen molar-refractivity contribution in [1.29, 1.82) is 0 Å². The topological polar surface area (TPSA) is 167 Å². The molecule has 0 spiro atoms. The van der Waals surface area contributed by atoms with Crippen molar-refractivity contribution < 1.29 is 39.1 Å². The van der Waals surface area contributed by atoms with Crippen LogP contribution in [0.25, 0.3) is 11.3 Å². The van der Waals surface area contributed by atoms with Crippen molar-refractivity contribution in [1.82, 2.24) is 20.3 Å². The van der Waals surface area contributed by atoms with Crippen molar-refractivity contribution in [3.63, 3.8) is 0 Å². The van der Waals surface area contributed by atoms with E-state index in [9.17, 15) is 34.4 Å². The number of aliphatic hydroxyl groups is 3. The van der Waals surface area contributed by atoms with E-state index in [4.69, 9.17) is 4.74 Å². The summed E-state index contributed by atoms with van der Waals surface area (Å²) in [5.74, 6) is -2.93. The largest absolute Gasteiger partial charge is 0.478 e. The van der Waals surface area contributed by atoms with Crippen LogP contribution >= 0.6 is 0 Å². The van der Waals surface area contributed by atoms with Crippen LogP contribution in [0, 0.1) is 5.82 Å². The molecule has 11 nitrogen and oxygen atoms in total. The molecule has 0 radical (unpaired) electrons. The van der Waals surface area contributed by atoms with Crippen LogP contribution in [0.3, 0.4) is 0 Å². The number of amides is 1. The number of carboxylic acids is 1. The molecule has 0 unspecified atom stereocenters. The van der Waals surface area contributed by atoms with E-state index in [1.807, 2.05) is 0 Å². The summed E-state index contributed by atoms with van der Waals surface area (Å²) in [6, 6.07) is 3.42. The third-order valence-corrected chi connectivity index (χ3v) is 4.76. The number of aliphatic hydroxyl groups excluding tert-OH is 3. The Morgan fingerprint density at radius 2 is 1.97 bits per heavy atom. The molecular weight excluding hydrogens is 415 g/mol. The van der Waals surface area contributed by atoms with Gasteiger partial charge in [0.05, 0.1) is 24.9 Å². The molecule has 1 aliphatic heterocycles. The molecule has 0 fully saturated rings. The van der Waals surface area contributed by atoms with Gasteiger partial charge < -0.3 is 30.5 Å². The Balaban J connectivity index is 2.03. The maximum atomic E-state index is 13.2. The molecule has 2 aromatic rings. The number of benzene rings is 1. The van der Waals surface area contributed by atoms with E-state index in [0.29, 0.717) is 11.3 Å². The molecule has 166 valence electrons. The lowest BCUT2D eigenvalue weighted by molar-refractivity contribution is -0.147. The number of carboxylic acid groups (broad SMARTS) is 1. The van der Waals surface area contributed by atoms with Gasteiger partial charge in [0.2, 0.25) is 11.7 Å². The average molecular weight is 436 g/mol. The lowest BCUT2D eigenvalue weighted by atomic mass is 9.92. The second kappa shape index (κ2) is 9.20. The molecule has 0 saturated carbocycles. The smallest absolute Gasteiger partial charge is 0.370 e. The predicted octanol–water partition coefficient (Wildman–Crippen LogP) is -0.789. The molecule has 5 atom stereocenters. The maximum absolute atomic E-state index is 13.2. The number of hydrogen-bond acceptors (Lipinski definition) is 8. The molecule has 1 aromatic heterocycles. The van der Waals surface area contributed by atoms with Gasteiger partial charge in [0.1, 0.15) is 29.8 Å². The van der Waals surface area contributed by atoms with E-state index in [-0.39, 0.29) is 0 Å². The normalized spacial score (nSPS) is 22.7. The Bertz CT molecular complexity index is 978. The zero-order valence-electron chi connectivity index (χ0n) is 16.3. The summed E-state index contributed by atoms with van der Waals surface area (Å²) in [6.07, 6.45) is -2.17. The highest BCUT2D eigenvalue weighted by Crippen LogP contribution is 2.30. The number of carbonyl (C=O) groups is 2. The highest BCUT2D eigenvalue weighted by Gasteiger charge is 2.44. The number of nitrogens with zero attached hydrogens (tertiary/aromatic N) is 3. The van der Waals surface area contributed by atoms with Crippen LogP contribution in [0.1, 0.15) is 13.0 Å². The van der Waals surface area contributed by atoms with E-state index in [2.05, 4.69) is 15.6 Å². The number of nitrogens with one attached hydrogen (secondary N) is 1. The van der Waals surface area contributed by atoms with Gasteiger partial charge in [-0.1, -0.05) is 5.21 Å². The zero-order valence-corrected chi connectivity index (χ0v) is 16.3. The summed E-state index contributed by atoms with van der Waals surface area (Å²) >= 11 is 0. The fourth-order valence-electron chi connectivity index (χ4n) is 3.26. The van der Waals surface area contributed by atoms with Gasteiger partial charge in [-0.2, -0.15) is 0 Å². The molecule has 5 N–H and O–H groups in total. The number of rotatable bonds is 7. The summed E-state index contributed by atoms with van der Waals surface area (Å²) in [6.45, 7) is 0.396. The van der Waals surface area contributed by atoms with Gasteiger partial charge in [-0.05, 0) is 30.3 Å². The van der Waals surface area contributed by atoms with E-state index < -0.39 is 60.5 Å². The van der Waals surface area contributed by atoms with E-state index in [1.165, 1.54) is 48.1 Å². The number of ether oxygens (including phenoxy) is 1. The predicted molar refractivity (Wildman–Crippen MR) is 102 cm³/mol. The van der Waals surface area contributed by atoms with Crippen LogP contribution in [0.5, 0.6) is 0 Å². The van der Waals surface area contributed by atoms with Gasteiger partial charge in [0, 0.05) is 12.5 Å². The van der Waals surface area contributed by atoms with Crippen LogP contribution in [0.15, 0.2) is 42.3 Å². The first-order valence-corrected chi connectivity index (χ1v) is 9.25. The van der Waals surface area contributed by atoms with Crippen molar-refractivity contribution in [2.75, 3.05) is 6.61 Å². The molecule has 3 rings (SSSR count). The number of carbonyl (C=O) groups excluding carboxylic acids is 1. The summed E-state index contributed by atoms with van der Waals surface area (Å²) in [7, 11) is 0. The Hall–Kier alpha value is -3.35. The number of aliphatic carboxylic acids is 1. The maximum Gasteiger partial charge on any atom is 0.370 e. The minimum absolute atomic E-state index is 0.353. The number of halogens is 1. The number of aromatic nitrogens is 3. The van der Waals surface area contributed by atoms with Gasteiger partial charge >= 0.3 is 5.97 Å². The molecule has 1 aliphatic rings.